The van der Waals surface area contributed by atoms with Crippen LogP contribution >= 0.6 is 0 Å². The lowest BCUT2D eigenvalue weighted by Crippen LogP contribution is -2.44. The summed E-state index contributed by atoms with van der Waals surface area (Å²) < 4.78 is 0. The lowest BCUT2D eigenvalue weighted by Gasteiger charge is -2.22. The third-order valence-electron chi connectivity index (χ3n) is 4.66. The standard InChI is InChI=1S/C16H21NO2/c1-12-4-2-3-5-13(12)10-16(8-9-16)17-14(19)15(11-18)6-7-15/h2-5,18H,6-11H2,1H3,(H,17,19). The fourth-order valence-corrected chi connectivity index (χ4v) is 2.65. The normalized spacial score (nSPS) is 21.8. The smallest absolute Gasteiger partial charge is 0.228 e. The van der Waals surface area contributed by atoms with Crippen LogP contribution in [0.1, 0.15) is 36.8 Å². The van der Waals surface area contributed by atoms with Gasteiger partial charge >= 0.3 is 0 Å². The van der Waals surface area contributed by atoms with Crippen molar-refractivity contribution in [3.8, 4) is 0 Å². The molecule has 0 aliphatic heterocycles. The second-order valence-corrected chi connectivity index (χ2v) is 6.28. The van der Waals surface area contributed by atoms with Crippen LogP contribution in [0.2, 0.25) is 0 Å². The Morgan fingerprint density at radius 3 is 2.47 bits per heavy atom. The number of carbonyl (C=O) groups excluding carboxylic acids is 1. The summed E-state index contributed by atoms with van der Waals surface area (Å²) in [7, 11) is 0. The second kappa shape index (κ2) is 4.34. The molecule has 0 spiro atoms. The fourth-order valence-electron chi connectivity index (χ4n) is 2.65. The highest BCUT2D eigenvalue weighted by Gasteiger charge is 2.53. The molecule has 0 atom stereocenters. The average molecular weight is 259 g/mol. The monoisotopic (exact) mass is 259 g/mol. The van der Waals surface area contributed by atoms with Crippen molar-refractivity contribution in [2.45, 2.75) is 44.6 Å². The number of amides is 1. The van der Waals surface area contributed by atoms with Crippen molar-refractivity contribution in [3.63, 3.8) is 0 Å². The zero-order valence-corrected chi connectivity index (χ0v) is 11.4. The largest absolute Gasteiger partial charge is 0.395 e. The second-order valence-electron chi connectivity index (χ2n) is 6.28. The van der Waals surface area contributed by atoms with E-state index in [1.165, 1.54) is 11.1 Å². The summed E-state index contributed by atoms with van der Waals surface area (Å²) in [4.78, 5) is 12.2. The maximum atomic E-state index is 12.2. The third-order valence-corrected chi connectivity index (χ3v) is 4.66. The molecule has 102 valence electrons. The number of aliphatic hydroxyl groups is 1. The number of hydrogen-bond donors (Lipinski definition) is 2. The molecule has 2 N–H and O–H groups in total. The summed E-state index contributed by atoms with van der Waals surface area (Å²) in [6.45, 7) is 2.10. The minimum atomic E-state index is -0.457. The number of aliphatic hydroxyl groups excluding tert-OH is 1. The Morgan fingerprint density at radius 1 is 1.26 bits per heavy atom. The van der Waals surface area contributed by atoms with Crippen molar-refractivity contribution in [1.82, 2.24) is 5.32 Å². The molecule has 2 aliphatic carbocycles. The Balaban J connectivity index is 1.68. The number of carbonyl (C=O) groups is 1. The number of hydrogen-bond acceptors (Lipinski definition) is 2. The molecule has 2 aliphatic rings. The van der Waals surface area contributed by atoms with Gasteiger partial charge in [-0.25, -0.2) is 0 Å². The van der Waals surface area contributed by atoms with E-state index in [4.69, 9.17) is 0 Å². The molecular formula is C16H21NO2. The van der Waals surface area contributed by atoms with Crippen molar-refractivity contribution >= 4 is 5.91 Å². The van der Waals surface area contributed by atoms with Crippen LogP contribution in [0, 0.1) is 12.3 Å². The SMILES string of the molecule is Cc1ccccc1CC1(NC(=O)C2(CO)CC2)CC1. The van der Waals surface area contributed by atoms with Crippen LogP contribution in [0.15, 0.2) is 24.3 Å². The summed E-state index contributed by atoms with van der Waals surface area (Å²) in [5, 5.41) is 12.5. The van der Waals surface area contributed by atoms with Gasteiger partial charge in [-0.1, -0.05) is 24.3 Å². The Labute approximate surface area is 114 Å². The van der Waals surface area contributed by atoms with Crippen LogP contribution in [-0.4, -0.2) is 23.2 Å². The predicted molar refractivity (Wildman–Crippen MR) is 73.7 cm³/mol. The highest BCUT2D eigenvalue weighted by atomic mass is 16.3. The van der Waals surface area contributed by atoms with E-state index in [2.05, 4.69) is 30.4 Å². The summed E-state index contributed by atoms with van der Waals surface area (Å²) >= 11 is 0. The highest BCUT2D eigenvalue weighted by Crippen LogP contribution is 2.47. The first-order chi connectivity index (χ1) is 9.09. The highest BCUT2D eigenvalue weighted by molar-refractivity contribution is 5.86. The van der Waals surface area contributed by atoms with E-state index in [9.17, 15) is 9.90 Å². The first-order valence-corrected chi connectivity index (χ1v) is 7.07. The van der Waals surface area contributed by atoms with Gasteiger partial charge < -0.3 is 10.4 Å². The Morgan fingerprint density at radius 2 is 1.95 bits per heavy atom. The van der Waals surface area contributed by atoms with Crippen molar-refractivity contribution in [1.29, 1.82) is 0 Å². The minimum absolute atomic E-state index is 0.0146. The van der Waals surface area contributed by atoms with E-state index in [1.54, 1.807) is 0 Å². The van der Waals surface area contributed by atoms with Crippen LogP contribution < -0.4 is 5.32 Å². The quantitative estimate of drug-likeness (QED) is 0.849. The summed E-state index contributed by atoms with van der Waals surface area (Å²) in [6, 6.07) is 8.35. The molecule has 3 rings (SSSR count). The van der Waals surface area contributed by atoms with Gasteiger partial charge in [0, 0.05) is 5.54 Å². The van der Waals surface area contributed by atoms with Crippen molar-refractivity contribution in [3.05, 3.63) is 35.4 Å². The maximum Gasteiger partial charge on any atom is 0.228 e. The van der Waals surface area contributed by atoms with E-state index in [0.717, 1.165) is 32.1 Å². The molecule has 1 amide bonds. The molecule has 0 heterocycles. The molecule has 2 saturated carbocycles. The summed E-state index contributed by atoms with van der Waals surface area (Å²) in [6.07, 6.45) is 4.67. The Kier molecular flexibility index (Phi) is 2.90. The summed E-state index contributed by atoms with van der Waals surface area (Å²) in [5.41, 5.74) is 2.09. The molecule has 3 heteroatoms. The number of nitrogens with one attached hydrogen (secondary N) is 1. The molecule has 0 unspecified atom stereocenters. The molecule has 1 aromatic carbocycles. The predicted octanol–water partition coefficient (Wildman–Crippen LogP) is 1.96. The summed E-state index contributed by atoms with van der Waals surface area (Å²) in [5.74, 6) is 0.0566. The first-order valence-electron chi connectivity index (χ1n) is 7.07. The van der Waals surface area contributed by atoms with Gasteiger partial charge in [-0.15, -0.1) is 0 Å². The maximum absolute atomic E-state index is 12.2. The van der Waals surface area contributed by atoms with Gasteiger partial charge in [-0.05, 0) is 50.2 Å². The molecule has 0 aromatic heterocycles. The van der Waals surface area contributed by atoms with Crippen LogP contribution in [0.3, 0.4) is 0 Å². The van der Waals surface area contributed by atoms with E-state index < -0.39 is 5.41 Å². The average Bonchev–Trinajstić information content (AvgIpc) is 3.28. The molecule has 2 fully saturated rings. The van der Waals surface area contributed by atoms with Crippen LogP contribution in [0.5, 0.6) is 0 Å². The van der Waals surface area contributed by atoms with Gasteiger partial charge in [0.2, 0.25) is 5.91 Å². The van der Waals surface area contributed by atoms with Crippen molar-refractivity contribution in [2.75, 3.05) is 6.61 Å². The van der Waals surface area contributed by atoms with Gasteiger partial charge in [0.1, 0.15) is 0 Å². The molecular weight excluding hydrogens is 238 g/mol. The zero-order valence-electron chi connectivity index (χ0n) is 11.4. The zero-order chi connectivity index (χ0) is 13.5. The van der Waals surface area contributed by atoms with Crippen LogP contribution in [-0.2, 0) is 11.2 Å². The Bertz CT molecular complexity index is 501. The Hall–Kier alpha value is -1.35. The van der Waals surface area contributed by atoms with Crippen molar-refractivity contribution < 1.29 is 9.90 Å². The van der Waals surface area contributed by atoms with Crippen LogP contribution in [0.4, 0.5) is 0 Å². The number of benzene rings is 1. The number of rotatable bonds is 5. The van der Waals surface area contributed by atoms with E-state index >= 15 is 0 Å². The molecule has 19 heavy (non-hydrogen) atoms. The van der Waals surface area contributed by atoms with Gasteiger partial charge in [-0.3, -0.25) is 4.79 Å². The van der Waals surface area contributed by atoms with Crippen molar-refractivity contribution in [2.24, 2.45) is 5.41 Å². The van der Waals surface area contributed by atoms with Gasteiger partial charge in [0.05, 0.1) is 12.0 Å². The molecule has 0 saturated heterocycles. The molecule has 3 nitrogen and oxygen atoms in total. The lowest BCUT2D eigenvalue weighted by molar-refractivity contribution is -0.128. The van der Waals surface area contributed by atoms with E-state index in [1.807, 2.05) is 6.07 Å². The molecule has 1 aromatic rings. The van der Waals surface area contributed by atoms with Crippen LogP contribution in [0.25, 0.3) is 0 Å². The fraction of sp³-hybridized carbons (Fsp3) is 0.562. The van der Waals surface area contributed by atoms with Gasteiger partial charge in [-0.2, -0.15) is 0 Å². The molecule has 0 radical (unpaired) electrons. The lowest BCUT2D eigenvalue weighted by atomic mass is 9.98. The van der Waals surface area contributed by atoms with Gasteiger partial charge in [0.25, 0.3) is 0 Å². The third kappa shape index (κ3) is 2.39. The first kappa shape index (κ1) is 12.7. The van der Waals surface area contributed by atoms with Gasteiger partial charge in [0.15, 0.2) is 0 Å². The number of aryl methyl sites for hydroxylation is 1. The topological polar surface area (TPSA) is 49.3 Å². The minimum Gasteiger partial charge on any atom is -0.395 e. The van der Waals surface area contributed by atoms with E-state index in [-0.39, 0.29) is 18.1 Å². The molecule has 0 bridgehead atoms. The van der Waals surface area contributed by atoms with E-state index in [0.29, 0.717) is 0 Å².